The van der Waals surface area contributed by atoms with E-state index in [-0.39, 0.29) is 28.9 Å². The number of benzene rings is 1. The minimum Gasteiger partial charge on any atom is -0.471 e. The number of aromatic nitrogens is 5. The Morgan fingerprint density at radius 2 is 1.95 bits per heavy atom. The van der Waals surface area contributed by atoms with Crippen molar-refractivity contribution in [1.29, 1.82) is 0 Å². The van der Waals surface area contributed by atoms with E-state index in [1.165, 1.54) is 29.3 Å². The summed E-state index contributed by atoms with van der Waals surface area (Å²) in [6.07, 6.45) is 5.78. The highest BCUT2D eigenvalue weighted by Gasteiger charge is 2.34. The summed E-state index contributed by atoms with van der Waals surface area (Å²) in [4.78, 5) is 15.1. The van der Waals surface area contributed by atoms with Crippen LogP contribution in [-0.4, -0.2) is 70.8 Å². The van der Waals surface area contributed by atoms with Crippen LogP contribution in [-0.2, 0) is 14.6 Å². The van der Waals surface area contributed by atoms with E-state index in [2.05, 4.69) is 25.0 Å². The molecule has 0 radical (unpaired) electrons. The van der Waals surface area contributed by atoms with Gasteiger partial charge < -0.3 is 14.4 Å². The van der Waals surface area contributed by atoms with E-state index in [1.54, 1.807) is 6.20 Å². The highest BCUT2D eigenvalue weighted by Crippen LogP contribution is 2.29. The van der Waals surface area contributed by atoms with Crippen LogP contribution in [0.5, 0.6) is 5.88 Å². The molecule has 1 aromatic carbocycles. The molecule has 4 aromatic rings. The summed E-state index contributed by atoms with van der Waals surface area (Å²) in [6, 6.07) is 9.48. The van der Waals surface area contributed by atoms with Crippen LogP contribution in [0.1, 0.15) is 20.3 Å². The highest BCUT2D eigenvalue weighted by molar-refractivity contribution is 7.90. The minimum atomic E-state index is -3.55. The number of nitrogens with zero attached hydrogens (tertiary/aromatic N) is 6. The second-order valence-electron chi connectivity index (χ2n) is 9.16. The lowest BCUT2D eigenvalue weighted by Gasteiger charge is -2.39. The molecule has 10 nitrogen and oxygen atoms in total. The van der Waals surface area contributed by atoms with Crippen molar-refractivity contribution in [3.05, 3.63) is 60.9 Å². The molecule has 2 unspecified atom stereocenters. The molecule has 2 atom stereocenters. The summed E-state index contributed by atoms with van der Waals surface area (Å²) >= 11 is 0. The van der Waals surface area contributed by atoms with Crippen LogP contribution in [0.25, 0.3) is 16.7 Å². The zero-order valence-corrected chi connectivity index (χ0v) is 21.5. The monoisotopic (exact) mass is 526 g/mol. The molecule has 4 heterocycles. The van der Waals surface area contributed by atoms with Gasteiger partial charge in [-0.3, -0.25) is 0 Å². The number of ether oxygens (including phenoxy) is 2. The van der Waals surface area contributed by atoms with Crippen molar-refractivity contribution in [1.82, 2.24) is 24.7 Å². The highest BCUT2D eigenvalue weighted by atomic mass is 32.2. The van der Waals surface area contributed by atoms with E-state index < -0.39 is 15.7 Å². The van der Waals surface area contributed by atoms with Crippen molar-refractivity contribution >= 4 is 26.7 Å². The Morgan fingerprint density at radius 3 is 2.65 bits per heavy atom. The molecule has 0 amide bonds. The van der Waals surface area contributed by atoms with E-state index in [1.807, 2.05) is 32.0 Å². The lowest BCUT2D eigenvalue weighted by molar-refractivity contribution is -0.0614. The molecule has 1 aliphatic rings. The number of pyridine rings is 1. The Balaban J connectivity index is 1.43. The van der Waals surface area contributed by atoms with Crippen LogP contribution in [0.15, 0.2) is 60.0 Å². The molecule has 194 valence electrons. The maximum Gasteiger partial charge on any atom is 0.228 e. The van der Waals surface area contributed by atoms with Gasteiger partial charge in [-0.2, -0.15) is 5.10 Å². The zero-order valence-electron chi connectivity index (χ0n) is 20.7. The molecule has 12 heteroatoms. The summed E-state index contributed by atoms with van der Waals surface area (Å²) in [5, 5.41) is 4.79. The maximum atomic E-state index is 14.9. The normalized spacial score (nSPS) is 18.5. The predicted octanol–water partition coefficient (Wildman–Crippen LogP) is 3.20. The maximum absolute atomic E-state index is 14.9. The fraction of sp³-hybridized carbons (Fsp3) is 0.360. The van der Waals surface area contributed by atoms with E-state index in [0.717, 1.165) is 24.7 Å². The fourth-order valence-electron chi connectivity index (χ4n) is 4.39. The van der Waals surface area contributed by atoms with Crippen LogP contribution >= 0.6 is 0 Å². The average molecular weight is 527 g/mol. The van der Waals surface area contributed by atoms with Crippen molar-refractivity contribution in [2.24, 2.45) is 0 Å². The third-order valence-electron chi connectivity index (χ3n) is 6.09. The van der Waals surface area contributed by atoms with E-state index >= 15 is 0 Å². The molecule has 0 N–H and O–H groups in total. The summed E-state index contributed by atoms with van der Waals surface area (Å²) in [5.74, 6) is 0.465. The first kappa shape index (κ1) is 25.0. The van der Waals surface area contributed by atoms with Crippen LogP contribution in [0, 0.1) is 5.82 Å². The molecule has 1 aliphatic heterocycles. The Kier molecular flexibility index (Phi) is 6.78. The Bertz CT molecular complexity index is 1510. The van der Waals surface area contributed by atoms with Crippen molar-refractivity contribution in [3.63, 3.8) is 0 Å². The molecular formula is C25H27FN6O4S. The third kappa shape index (κ3) is 5.25. The van der Waals surface area contributed by atoms with Crippen LogP contribution in [0.3, 0.4) is 0 Å². The number of hydrogen-bond donors (Lipinski definition) is 0. The second-order valence-corrected chi connectivity index (χ2v) is 11.2. The van der Waals surface area contributed by atoms with Crippen molar-refractivity contribution < 1.29 is 22.3 Å². The van der Waals surface area contributed by atoms with Crippen molar-refractivity contribution in [2.75, 3.05) is 24.2 Å². The molecule has 5 rings (SSSR count). The summed E-state index contributed by atoms with van der Waals surface area (Å²) in [7, 11) is -3.55. The first-order valence-corrected chi connectivity index (χ1v) is 13.8. The summed E-state index contributed by atoms with van der Waals surface area (Å²) in [6.45, 7) is 5.29. The lowest BCUT2D eigenvalue weighted by atomic mass is 10.0. The van der Waals surface area contributed by atoms with Gasteiger partial charge in [-0.15, -0.1) is 0 Å². The molecule has 3 aromatic heterocycles. The number of sulfone groups is 1. The molecular weight excluding hydrogens is 499 g/mol. The van der Waals surface area contributed by atoms with Gasteiger partial charge in [0, 0.05) is 32.0 Å². The Hall–Kier alpha value is -3.64. The van der Waals surface area contributed by atoms with Gasteiger partial charge in [0.2, 0.25) is 5.88 Å². The molecule has 0 aliphatic carbocycles. The first-order valence-electron chi connectivity index (χ1n) is 11.9. The first-order chi connectivity index (χ1) is 17.7. The van der Waals surface area contributed by atoms with Gasteiger partial charge in [0.1, 0.15) is 41.2 Å². The van der Waals surface area contributed by atoms with Gasteiger partial charge in [-0.25, -0.2) is 32.4 Å². The molecule has 0 bridgehead atoms. The molecule has 1 fully saturated rings. The average Bonchev–Trinajstić information content (AvgIpc) is 3.29. The number of anilines is 1. The third-order valence-corrected chi connectivity index (χ3v) is 7.20. The van der Waals surface area contributed by atoms with Gasteiger partial charge in [0.25, 0.3) is 0 Å². The fourth-order valence-corrected chi connectivity index (χ4v) is 5.02. The lowest BCUT2D eigenvalue weighted by Crippen LogP contribution is -2.51. The largest absolute Gasteiger partial charge is 0.471 e. The number of hydrogen-bond acceptors (Lipinski definition) is 9. The SMILES string of the molecule is CC(C)OC1CN(c2ccccn2)CCC1Oc1ncnc2c1cnn2-c1ccc(S(C)(=O)=O)cc1F. The topological polar surface area (TPSA) is 112 Å². The summed E-state index contributed by atoms with van der Waals surface area (Å²) < 4.78 is 52.3. The molecule has 0 saturated carbocycles. The molecule has 37 heavy (non-hydrogen) atoms. The van der Waals surface area contributed by atoms with E-state index in [9.17, 15) is 12.8 Å². The number of piperidine rings is 1. The smallest absolute Gasteiger partial charge is 0.228 e. The Labute approximate surface area is 214 Å². The van der Waals surface area contributed by atoms with E-state index in [4.69, 9.17) is 9.47 Å². The molecule has 1 saturated heterocycles. The van der Waals surface area contributed by atoms with Gasteiger partial charge in [-0.05, 0) is 44.2 Å². The van der Waals surface area contributed by atoms with Gasteiger partial charge in [0.15, 0.2) is 15.5 Å². The predicted molar refractivity (Wildman–Crippen MR) is 135 cm³/mol. The Morgan fingerprint density at radius 1 is 1.11 bits per heavy atom. The zero-order chi connectivity index (χ0) is 26.2. The molecule has 0 spiro atoms. The standard InChI is InChI=1S/C25H27FN6O4S/c1-16(2)35-22-14-31(23-6-4-5-10-27-23)11-9-21(22)36-25-18-13-30-32(24(18)28-15-29-25)20-8-7-17(12-19(20)26)37(3,33)34/h4-8,10,12-13,15-16,21-22H,9,11,14H2,1-3H3. The summed E-state index contributed by atoms with van der Waals surface area (Å²) in [5.41, 5.74) is 0.403. The van der Waals surface area contributed by atoms with E-state index in [0.29, 0.717) is 29.9 Å². The van der Waals surface area contributed by atoms with Crippen molar-refractivity contribution in [2.45, 2.75) is 43.5 Å². The van der Waals surface area contributed by atoms with Crippen LogP contribution < -0.4 is 9.64 Å². The van der Waals surface area contributed by atoms with Crippen molar-refractivity contribution in [3.8, 4) is 11.6 Å². The van der Waals surface area contributed by atoms with Crippen LogP contribution in [0.2, 0.25) is 0 Å². The van der Waals surface area contributed by atoms with Gasteiger partial charge >= 0.3 is 0 Å². The number of rotatable bonds is 7. The van der Waals surface area contributed by atoms with Gasteiger partial charge in [-0.1, -0.05) is 6.07 Å². The second kappa shape index (κ2) is 10.0. The minimum absolute atomic E-state index is 0.00849. The number of fused-ring (bicyclic) bond motifs is 1. The van der Waals surface area contributed by atoms with Gasteiger partial charge in [0.05, 0.1) is 17.2 Å². The number of halogens is 1. The quantitative estimate of drug-likeness (QED) is 0.358. The van der Waals surface area contributed by atoms with Crippen LogP contribution in [0.4, 0.5) is 10.2 Å².